The van der Waals surface area contributed by atoms with Gasteiger partial charge in [-0.25, -0.2) is 0 Å². The Labute approximate surface area is 147 Å². The Morgan fingerprint density at radius 2 is 2.00 bits per heavy atom. The van der Waals surface area contributed by atoms with Gasteiger partial charge in [0, 0.05) is 12.3 Å². The summed E-state index contributed by atoms with van der Waals surface area (Å²) in [4.78, 5) is 24.3. The van der Waals surface area contributed by atoms with E-state index in [1.165, 1.54) is 19.1 Å². The normalized spacial score (nSPS) is 33.4. The van der Waals surface area contributed by atoms with Crippen LogP contribution < -0.4 is 0 Å². The maximum atomic E-state index is 12.8. The number of methoxy groups -OCH3 is 1. The van der Waals surface area contributed by atoms with Gasteiger partial charge in [-0.15, -0.1) is 0 Å². The highest BCUT2D eigenvalue weighted by Crippen LogP contribution is 2.59. The Hall–Kier alpha value is -1.12. The molecule has 2 rings (SSSR count). The molecule has 0 amide bonds. The van der Waals surface area contributed by atoms with E-state index in [9.17, 15) is 9.59 Å². The van der Waals surface area contributed by atoms with Crippen molar-refractivity contribution in [2.75, 3.05) is 7.11 Å². The van der Waals surface area contributed by atoms with Crippen LogP contribution in [0.5, 0.6) is 0 Å². The molecule has 3 heteroatoms. The highest BCUT2D eigenvalue weighted by Gasteiger charge is 2.55. The van der Waals surface area contributed by atoms with Gasteiger partial charge in [-0.05, 0) is 61.3 Å². The number of ether oxygens (including phenoxy) is 1. The average Bonchev–Trinajstić information content (AvgIpc) is 2.44. The second kappa shape index (κ2) is 7.01. The van der Waals surface area contributed by atoms with E-state index in [1.807, 2.05) is 6.08 Å². The van der Waals surface area contributed by atoms with Crippen molar-refractivity contribution < 1.29 is 14.3 Å². The summed E-state index contributed by atoms with van der Waals surface area (Å²) < 4.78 is 4.79. The Morgan fingerprint density at radius 3 is 2.62 bits per heavy atom. The molecule has 0 aromatic heterocycles. The highest BCUT2D eigenvalue weighted by molar-refractivity contribution is 5.94. The fraction of sp³-hybridized carbons (Fsp3) is 0.810. The first-order valence-corrected chi connectivity index (χ1v) is 9.40. The van der Waals surface area contributed by atoms with Gasteiger partial charge in [0.05, 0.1) is 7.11 Å². The zero-order valence-electron chi connectivity index (χ0n) is 16.3. The Bertz CT molecular complexity index is 531. The Kier molecular flexibility index (Phi) is 5.61. The molecule has 0 N–H and O–H groups in total. The number of esters is 1. The van der Waals surface area contributed by atoms with E-state index in [0.29, 0.717) is 24.0 Å². The summed E-state index contributed by atoms with van der Waals surface area (Å²) in [6, 6.07) is 0. The monoisotopic (exact) mass is 334 g/mol. The van der Waals surface area contributed by atoms with E-state index in [0.717, 1.165) is 25.7 Å². The van der Waals surface area contributed by atoms with E-state index < -0.39 is 0 Å². The second-order valence-corrected chi connectivity index (χ2v) is 9.09. The summed E-state index contributed by atoms with van der Waals surface area (Å²) in [7, 11) is 1.45. The van der Waals surface area contributed by atoms with Crippen molar-refractivity contribution in [1.29, 1.82) is 0 Å². The molecule has 2 aliphatic carbocycles. The van der Waals surface area contributed by atoms with Crippen LogP contribution in [0.25, 0.3) is 0 Å². The van der Waals surface area contributed by atoms with Crippen LogP contribution in [0.1, 0.15) is 73.1 Å². The van der Waals surface area contributed by atoms with Crippen molar-refractivity contribution >= 4 is 11.8 Å². The van der Waals surface area contributed by atoms with E-state index in [1.54, 1.807) is 0 Å². The lowest BCUT2D eigenvalue weighted by molar-refractivity contribution is -0.141. The number of carbonyl (C=O) groups excluding carboxylic acids is 2. The fourth-order valence-electron chi connectivity index (χ4n) is 5.60. The van der Waals surface area contributed by atoms with Crippen LogP contribution in [0.15, 0.2) is 11.6 Å². The number of allylic oxidation sites excluding steroid dienone is 2. The first-order valence-electron chi connectivity index (χ1n) is 9.40. The molecule has 4 atom stereocenters. The SMILES string of the molecule is COC(=O)C[C@H](C)CC[C@H]1C(C)=CC(=O)[C@H]2C(C)(C)CCC[C@]12C. The first kappa shape index (κ1) is 19.2. The summed E-state index contributed by atoms with van der Waals surface area (Å²) in [5, 5.41) is 0. The number of rotatable bonds is 5. The molecule has 3 nitrogen and oxygen atoms in total. The number of carbonyl (C=O) groups is 2. The van der Waals surface area contributed by atoms with Crippen molar-refractivity contribution in [1.82, 2.24) is 0 Å². The first-order chi connectivity index (χ1) is 11.1. The van der Waals surface area contributed by atoms with Crippen molar-refractivity contribution in [2.45, 2.75) is 73.1 Å². The highest BCUT2D eigenvalue weighted by atomic mass is 16.5. The van der Waals surface area contributed by atoms with Gasteiger partial charge >= 0.3 is 5.97 Å². The molecule has 0 unspecified atom stereocenters. The third-order valence-electron chi connectivity index (χ3n) is 6.67. The van der Waals surface area contributed by atoms with Gasteiger partial charge in [0.1, 0.15) is 0 Å². The molecule has 1 saturated carbocycles. The summed E-state index contributed by atoms with van der Waals surface area (Å²) >= 11 is 0. The standard InChI is InChI=1S/C21H34O3/c1-14(12-18(23)24-6)8-9-16-15(2)13-17(22)19-20(3,4)10-7-11-21(16,19)5/h13-14,16,19H,7-12H2,1-6H3/t14-,16+,19+,21-/m1/s1. The molecular formula is C21H34O3. The van der Waals surface area contributed by atoms with Crippen molar-refractivity contribution in [2.24, 2.45) is 28.6 Å². The third kappa shape index (κ3) is 3.60. The minimum Gasteiger partial charge on any atom is -0.469 e. The zero-order chi connectivity index (χ0) is 18.1. The molecule has 0 saturated heterocycles. The van der Waals surface area contributed by atoms with Gasteiger partial charge < -0.3 is 4.74 Å². The van der Waals surface area contributed by atoms with E-state index in [4.69, 9.17) is 4.74 Å². The predicted octanol–water partition coefficient (Wildman–Crippen LogP) is 4.94. The lowest BCUT2D eigenvalue weighted by atomic mass is 9.48. The van der Waals surface area contributed by atoms with Crippen molar-refractivity contribution in [3.05, 3.63) is 11.6 Å². The lowest BCUT2D eigenvalue weighted by Gasteiger charge is -2.55. The van der Waals surface area contributed by atoms with Gasteiger partial charge in [0.2, 0.25) is 0 Å². The topological polar surface area (TPSA) is 43.4 Å². The van der Waals surface area contributed by atoms with Crippen LogP contribution in [-0.4, -0.2) is 18.9 Å². The quantitative estimate of drug-likeness (QED) is 0.669. The minimum atomic E-state index is -0.128. The van der Waals surface area contributed by atoms with Crippen LogP contribution in [0, 0.1) is 28.6 Å². The van der Waals surface area contributed by atoms with Gasteiger partial charge in [-0.3, -0.25) is 9.59 Å². The van der Waals surface area contributed by atoms with Gasteiger partial charge in [-0.2, -0.15) is 0 Å². The zero-order valence-corrected chi connectivity index (χ0v) is 16.3. The fourth-order valence-corrected chi connectivity index (χ4v) is 5.60. The molecule has 136 valence electrons. The van der Waals surface area contributed by atoms with Crippen LogP contribution >= 0.6 is 0 Å². The maximum Gasteiger partial charge on any atom is 0.305 e. The molecule has 0 bridgehead atoms. The van der Waals surface area contributed by atoms with Crippen LogP contribution in [-0.2, 0) is 14.3 Å². The molecule has 0 aliphatic heterocycles. The Morgan fingerprint density at radius 1 is 1.33 bits per heavy atom. The Balaban J connectivity index is 2.17. The van der Waals surface area contributed by atoms with Crippen LogP contribution in [0.3, 0.4) is 0 Å². The lowest BCUT2D eigenvalue weighted by Crippen LogP contribution is -2.52. The van der Waals surface area contributed by atoms with E-state index in [2.05, 4.69) is 34.6 Å². The van der Waals surface area contributed by atoms with Crippen molar-refractivity contribution in [3.8, 4) is 0 Å². The number of fused-ring (bicyclic) bond motifs is 1. The van der Waals surface area contributed by atoms with Crippen molar-refractivity contribution in [3.63, 3.8) is 0 Å². The summed E-state index contributed by atoms with van der Waals surface area (Å²) in [6.45, 7) is 11.1. The van der Waals surface area contributed by atoms with E-state index in [-0.39, 0.29) is 22.7 Å². The molecule has 24 heavy (non-hydrogen) atoms. The number of hydrogen-bond acceptors (Lipinski definition) is 3. The molecule has 2 aliphatic rings. The largest absolute Gasteiger partial charge is 0.469 e. The molecule has 0 heterocycles. The number of hydrogen-bond donors (Lipinski definition) is 0. The number of ketones is 1. The molecule has 0 aromatic rings. The average molecular weight is 335 g/mol. The van der Waals surface area contributed by atoms with Gasteiger partial charge in [0.25, 0.3) is 0 Å². The molecule has 0 spiro atoms. The molecule has 0 radical (unpaired) electrons. The predicted molar refractivity (Wildman–Crippen MR) is 96.5 cm³/mol. The summed E-state index contributed by atoms with van der Waals surface area (Å²) in [5.74, 6) is 1.10. The van der Waals surface area contributed by atoms with Crippen LogP contribution in [0.2, 0.25) is 0 Å². The van der Waals surface area contributed by atoms with Gasteiger partial charge in [-0.1, -0.05) is 39.7 Å². The smallest absolute Gasteiger partial charge is 0.305 e. The minimum absolute atomic E-state index is 0.0582. The van der Waals surface area contributed by atoms with Gasteiger partial charge in [0.15, 0.2) is 5.78 Å². The second-order valence-electron chi connectivity index (χ2n) is 9.09. The summed E-state index contributed by atoms with van der Waals surface area (Å²) in [6.07, 6.45) is 7.92. The van der Waals surface area contributed by atoms with E-state index >= 15 is 0 Å². The molecule has 1 fully saturated rings. The molecular weight excluding hydrogens is 300 g/mol. The maximum absolute atomic E-state index is 12.8. The summed E-state index contributed by atoms with van der Waals surface area (Å²) in [5.41, 5.74) is 1.38. The third-order valence-corrected chi connectivity index (χ3v) is 6.67. The van der Waals surface area contributed by atoms with Crippen LogP contribution in [0.4, 0.5) is 0 Å². The molecule has 0 aromatic carbocycles.